The first-order valence-corrected chi connectivity index (χ1v) is 8.52. The van der Waals surface area contributed by atoms with Gasteiger partial charge < -0.3 is 14.6 Å². The van der Waals surface area contributed by atoms with E-state index in [0.29, 0.717) is 17.9 Å². The van der Waals surface area contributed by atoms with Gasteiger partial charge in [-0.15, -0.1) is 0 Å². The minimum Gasteiger partial charge on any atom is -0.481 e. The molecule has 5 nitrogen and oxygen atoms in total. The number of amides is 1. The van der Waals surface area contributed by atoms with Crippen molar-refractivity contribution in [3.05, 3.63) is 58.2 Å². The Balaban J connectivity index is 1.76. The molecule has 0 aliphatic rings. The van der Waals surface area contributed by atoms with E-state index in [1.54, 1.807) is 17.7 Å². The average molecular weight is 342 g/mol. The molecule has 3 rings (SSSR count). The molecule has 0 fully saturated rings. The third-order valence-electron chi connectivity index (χ3n) is 3.74. The lowest BCUT2D eigenvalue weighted by atomic mass is 10.2. The second kappa shape index (κ2) is 6.88. The summed E-state index contributed by atoms with van der Waals surface area (Å²) in [5, 5.41) is 2.87. The standard InChI is InChI=1S/C18H18N2O3S/c1-3-15(23-13-7-5-4-6-8-13)17(21)19-12-9-10-14-16(11-12)24-18(22)20(14)2/h4-11,15H,3H2,1-2H3,(H,19,21). The number of fused-ring (bicyclic) bond motifs is 1. The van der Waals surface area contributed by atoms with E-state index >= 15 is 0 Å². The van der Waals surface area contributed by atoms with Gasteiger partial charge in [0.25, 0.3) is 5.91 Å². The van der Waals surface area contributed by atoms with Gasteiger partial charge in [0.05, 0.1) is 10.2 Å². The van der Waals surface area contributed by atoms with Crippen LogP contribution >= 0.6 is 11.3 Å². The molecule has 1 N–H and O–H groups in total. The summed E-state index contributed by atoms with van der Waals surface area (Å²) in [5.41, 5.74) is 1.51. The molecule has 0 saturated carbocycles. The maximum Gasteiger partial charge on any atom is 0.307 e. The Morgan fingerprint density at radius 2 is 2.00 bits per heavy atom. The number of carbonyl (C=O) groups is 1. The predicted octanol–water partition coefficient (Wildman–Crippen LogP) is 3.40. The summed E-state index contributed by atoms with van der Waals surface area (Å²) in [7, 11) is 1.74. The number of carbonyl (C=O) groups excluding carboxylic acids is 1. The first kappa shape index (κ1) is 16.3. The van der Waals surface area contributed by atoms with Gasteiger partial charge in [0.2, 0.25) is 0 Å². The number of aromatic nitrogens is 1. The second-order valence-corrected chi connectivity index (χ2v) is 6.42. The summed E-state index contributed by atoms with van der Waals surface area (Å²) in [5.74, 6) is 0.459. The lowest BCUT2D eigenvalue weighted by Crippen LogP contribution is -2.32. The minimum atomic E-state index is -0.572. The van der Waals surface area contributed by atoms with E-state index in [4.69, 9.17) is 4.74 Å². The summed E-state index contributed by atoms with van der Waals surface area (Å²) in [4.78, 5) is 24.1. The molecule has 1 amide bonds. The van der Waals surface area contributed by atoms with E-state index in [0.717, 1.165) is 21.6 Å². The van der Waals surface area contributed by atoms with Crippen molar-refractivity contribution in [3.8, 4) is 5.75 Å². The van der Waals surface area contributed by atoms with Crippen LogP contribution in [0.25, 0.3) is 10.2 Å². The molecule has 0 radical (unpaired) electrons. The van der Waals surface area contributed by atoms with E-state index in [1.807, 2.05) is 49.4 Å². The third-order valence-corrected chi connectivity index (χ3v) is 4.74. The normalized spacial score (nSPS) is 12.1. The molecular formula is C18H18N2O3S. The summed E-state index contributed by atoms with van der Waals surface area (Å²) < 4.78 is 8.19. The molecule has 0 spiro atoms. The summed E-state index contributed by atoms with van der Waals surface area (Å²) >= 11 is 1.16. The topological polar surface area (TPSA) is 60.3 Å². The van der Waals surface area contributed by atoms with Crippen molar-refractivity contribution >= 4 is 33.1 Å². The van der Waals surface area contributed by atoms with Gasteiger partial charge in [-0.2, -0.15) is 0 Å². The number of thiazole rings is 1. The number of ether oxygens (including phenoxy) is 1. The number of anilines is 1. The van der Waals surface area contributed by atoms with Crippen molar-refractivity contribution in [2.75, 3.05) is 5.32 Å². The van der Waals surface area contributed by atoms with Gasteiger partial charge in [0.1, 0.15) is 5.75 Å². The van der Waals surface area contributed by atoms with Crippen LogP contribution in [0.2, 0.25) is 0 Å². The molecule has 1 heterocycles. The van der Waals surface area contributed by atoms with Crippen LogP contribution in [0.15, 0.2) is 53.3 Å². The Bertz CT molecular complexity index is 915. The van der Waals surface area contributed by atoms with Gasteiger partial charge in [-0.25, -0.2) is 0 Å². The molecule has 1 aromatic heterocycles. The van der Waals surface area contributed by atoms with Crippen LogP contribution in [0.4, 0.5) is 5.69 Å². The van der Waals surface area contributed by atoms with Crippen LogP contribution in [-0.4, -0.2) is 16.6 Å². The van der Waals surface area contributed by atoms with Crippen LogP contribution < -0.4 is 14.9 Å². The Morgan fingerprint density at radius 1 is 1.25 bits per heavy atom. The van der Waals surface area contributed by atoms with Gasteiger partial charge >= 0.3 is 4.87 Å². The number of aryl methyl sites for hydroxylation is 1. The first-order chi connectivity index (χ1) is 11.6. The second-order valence-electron chi connectivity index (χ2n) is 5.43. The molecule has 24 heavy (non-hydrogen) atoms. The van der Waals surface area contributed by atoms with Crippen molar-refractivity contribution in [1.82, 2.24) is 4.57 Å². The van der Waals surface area contributed by atoms with Gasteiger partial charge in [-0.05, 0) is 36.8 Å². The first-order valence-electron chi connectivity index (χ1n) is 7.70. The summed E-state index contributed by atoms with van der Waals surface area (Å²) in [6, 6.07) is 14.7. The number of nitrogens with one attached hydrogen (secondary N) is 1. The zero-order chi connectivity index (χ0) is 17.1. The number of hydrogen-bond donors (Lipinski definition) is 1. The number of rotatable bonds is 5. The molecule has 1 unspecified atom stereocenters. The predicted molar refractivity (Wildman–Crippen MR) is 96.8 cm³/mol. The quantitative estimate of drug-likeness (QED) is 0.773. The monoisotopic (exact) mass is 342 g/mol. The molecule has 2 aromatic carbocycles. The molecule has 6 heteroatoms. The van der Waals surface area contributed by atoms with E-state index in [-0.39, 0.29) is 10.8 Å². The highest BCUT2D eigenvalue weighted by molar-refractivity contribution is 7.16. The highest BCUT2D eigenvalue weighted by Crippen LogP contribution is 2.22. The average Bonchev–Trinajstić information content (AvgIpc) is 2.87. The third kappa shape index (κ3) is 3.33. The number of para-hydroxylation sites is 1. The van der Waals surface area contributed by atoms with E-state index in [9.17, 15) is 9.59 Å². The minimum absolute atomic E-state index is 0.0210. The number of hydrogen-bond acceptors (Lipinski definition) is 4. The van der Waals surface area contributed by atoms with Gasteiger partial charge in [-0.1, -0.05) is 36.5 Å². The van der Waals surface area contributed by atoms with Crippen molar-refractivity contribution in [1.29, 1.82) is 0 Å². The zero-order valence-corrected chi connectivity index (χ0v) is 14.3. The van der Waals surface area contributed by atoms with E-state index < -0.39 is 6.10 Å². The number of benzene rings is 2. The maximum atomic E-state index is 12.5. The Hall–Kier alpha value is -2.60. The molecule has 1 atom stereocenters. The Kier molecular flexibility index (Phi) is 4.66. The molecule has 3 aromatic rings. The van der Waals surface area contributed by atoms with Crippen LogP contribution in [0.3, 0.4) is 0 Å². The molecule has 0 bridgehead atoms. The molecule has 0 aliphatic carbocycles. The highest BCUT2D eigenvalue weighted by atomic mass is 32.1. The molecular weight excluding hydrogens is 324 g/mol. The SMILES string of the molecule is CCC(Oc1ccccc1)C(=O)Nc1ccc2c(c1)sc(=O)n2C. The number of nitrogens with zero attached hydrogens (tertiary/aromatic N) is 1. The van der Waals surface area contributed by atoms with E-state index in [1.165, 1.54) is 0 Å². The van der Waals surface area contributed by atoms with Gasteiger partial charge in [-0.3, -0.25) is 9.59 Å². The Labute approximate surface area is 143 Å². The molecule has 0 saturated heterocycles. The highest BCUT2D eigenvalue weighted by Gasteiger charge is 2.18. The lowest BCUT2D eigenvalue weighted by molar-refractivity contribution is -0.122. The molecule has 0 aliphatic heterocycles. The van der Waals surface area contributed by atoms with Crippen molar-refractivity contribution in [2.45, 2.75) is 19.4 Å². The zero-order valence-electron chi connectivity index (χ0n) is 13.5. The largest absolute Gasteiger partial charge is 0.481 e. The van der Waals surface area contributed by atoms with Gasteiger partial charge in [0.15, 0.2) is 6.10 Å². The maximum absolute atomic E-state index is 12.5. The van der Waals surface area contributed by atoms with Crippen LogP contribution in [0, 0.1) is 0 Å². The van der Waals surface area contributed by atoms with Crippen LogP contribution in [0.5, 0.6) is 5.75 Å². The lowest BCUT2D eigenvalue weighted by Gasteiger charge is -2.17. The van der Waals surface area contributed by atoms with Crippen molar-refractivity contribution < 1.29 is 9.53 Å². The van der Waals surface area contributed by atoms with Gasteiger partial charge in [0, 0.05) is 12.7 Å². The fraction of sp³-hybridized carbons (Fsp3) is 0.222. The van der Waals surface area contributed by atoms with Crippen LogP contribution in [0.1, 0.15) is 13.3 Å². The van der Waals surface area contributed by atoms with Crippen molar-refractivity contribution in [2.24, 2.45) is 7.05 Å². The summed E-state index contributed by atoms with van der Waals surface area (Å²) in [6.45, 7) is 1.90. The fourth-order valence-corrected chi connectivity index (χ4v) is 3.34. The summed E-state index contributed by atoms with van der Waals surface area (Å²) in [6.07, 6.45) is -0.0145. The van der Waals surface area contributed by atoms with Crippen LogP contribution in [-0.2, 0) is 11.8 Å². The molecule has 124 valence electrons. The van der Waals surface area contributed by atoms with E-state index in [2.05, 4.69) is 5.32 Å². The fourth-order valence-electron chi connectivity index (χ4n) is 2.42. The van der Waals surface area contributed by atoms with Crippen molar-refractivity contribution in [3.63, 3.8) is 0 Å². The smallest absolute Gasteiger partial charge is 0.307 e. The Morgan fingerprint density at radius 3 is 2.71 bits per heavy atom.